The van der Waals surface area contributed by atoms with Crippen LogP contribution in [0.3, 0.4) is 0 Å². The third-order valence-corrected chi connectivity index (χ3v) is 3.50. The van der Waals surface area contributed by atoms with Crippen molar-refractivity contribution in [3.63, 3.8) is 0 Å². The lowest BCUT2D eigenvalue weighted by Crippen LogP contribution is -2.44. The van der Waals surface area contributed by atoms with Crippen molar-refractivity contribution in [2.75, 3.05) is 18.0 Å². The van der Waals surface area contributed by atoms with E-state index in [0.717, 1.165) is 18.3 Å². The number of piperazine rings is 1. The van der Waals surface area contributed by atoms with E-state index in [1.165, 1.54) is 0 Å². The third-order valence-electron chi connectivity index (χ3n) is 3.50. The molecule has 2 aliphatic heterocycles. The second-order valence-corrected chi connectivity index (χ2v) is 4.58. The molecule has 2 aliphatic rings. The fourth-order valence-electron chi connectivity index (χ4n) is 2.58. The van der Waals surface area contributed by atoms with Gasteiger partial charge in [0.15, 0.2) is 0 Å². The van der Waals surface area contributed by atoms with Crippen molar-refractivity contribution in [3.05, 3.63) is 23.9 Å². The van der Waals surface area contributed by atoms with Crippen LogP contribution in [0.15, 0.2) is 18.3 Å². The minimum atomic E-state index is -4.40. The number of pyridine rings is 1. The average Bonchev–Trinajstić information content (AvgIpc) is 2.84. The zero-order chi connectivity index (χ0) is 12.9. The average molecular weight is 261 g/mol. The largest absolute Gasteiger partial charge is 0.416 e. The molecule has 1 aromatic rings. The number of alkyl halides is 4. The maximum atomic E-state index is 13.7. The second kappa shape index (κ2) is 3.81. The number of rotatable bonds is 1. The fourth-order valence-corrected chi connectivity index (χ4v) is 2.58. The van der Waals surface area contributed by atoms with Gasteiger partial charge in [-0.05, 0) is 12.1 Å². The number of hydrogen-bond donors (Lipinski definition) is 1. The highest BCUT2D eigenvalue weighted by Crippen LogP contribution is 2.34. The lowest BCUT2D eigenvalue weighted by molar-refractivity contribution is -0.137. The van der Waals surface area contributed by atoms with Gasteiger partial charge in [0.25, 0.3) is 0 Å². The number of aromatic nitrogens is 1. The molecule has 7 heteroatoms. The van der Waals surface area contributed by atoms with Gasteiger partial charge < -0.3 is 10.2 Å². The molecule has 1 unspecified atom stereocenters. The van der Waals surface area contributed by atoms with E-state index in [0.29, 0.717) is 13.1 Å². The molecule has 0 aliphatic carbocycles. The van der Waals surface area contributed by atoms with Crippen molar-refractivity contribution in [2.45, 2.75) is 24.4 Å². The minimum absolute atomic E-state index is 0.196. The molecule has 3 nitrogen and oxygen atoms in total. The van der Waals surface area contributed by atoms with Crippen LogP contribution in [0.1, 0.15) is 5.56 Å². The Labute approximate surface area is 101 Å². The van der Waals surface area contributed by atoms with Gasteiger partial charge in [-0.15, -0.1) is 0 Å². The zero-order valence-corrected chi connectivity index (χ0v) is 9.28. The first-order chi connectivity index (χ1) is 8.47. The highest BCUT2D eigenvalue weighted by atomic mass is 19.4. The Kier molecular flexibility index (Phi) is 2.48. The summed E-state index contributed by atoms with van der Waals surface area (Å²) in [7, 11) is 0. The van der Waals surface area contributed by atoms with Crippen molar-refractivity contribution in [2.24, 2.45) is 0 Å². The molecule has 2 bridgehead atoms. The van der Waals surface area contributed by atoms with Gasteiger partial charge in [-0.3, -0.25) is 0 Å². The van der Waals surface area contributed by atoms with E-state index < -0.39 is 24.0 Å². The molecule has 18 heavy (non-hydrogen) atoms. The molecular weight excluding hydrogens is 250 g/mol. The van der Waals surface area contributed by atoms with Gasteiger partial charge in [0, 0.05) is 19.3 Å². The summed E-state index contributed by atoms with van der Waals surface area (Å²) in [6.07, 6.45) is -4.32. The van der Waals surface area contributed by atoms with Gasteiger partial charge in [0.1, 0.15) is 12.0 Å². The van der Waals surface area contributed by atoms with Crippen LogP contribution in [-0.2, 0) is 6.18 Å². The van der Waals surface area contributed by atoms with Crippen LogP contribution in [0, 0.1) is 0 Å². The van der Waals surface area contributed by atoms with Gasteiger partial charge in [-0.2, -0.15) is 13.2 Å². The highest BCUT2D eigenvalue weighted by molar-refractivity contribution is 5.47. The zero-order valence-electron chi connectivity index (χ0n) is 9.28. The lowest BCUT2D eigenvalue weighted by Gasteiger charge is -2.28. The first-order valence-electron chi connectivity index (χ1n) is 5.64. The van der Waals surface area contributed by atoms with Crippen molar-refractivity contribution < 1.29 is 17.6 Å². The van der Waals surface area contributed by atoms with Gasteiger partial charge in [0.05, 0.1) is 17.6 Å². The Morgan fingerprint density at radius 3 is 2.72 bits per heavy atom. The Morgan fingerprint density at radius 1 is 1.39 bits per heavy atom. The molecule has 0 aromatic carbocycles. The third kappa shape index (κ3) is 1.73. The standard InChI is InChI=1S/C11H11F4N3/c12-10-7-5-18(8(10)4-17-7)9-3-6(1-2-16-9)11(13,14)15/h1-3,7-8,10,17H,4-5H2/t7-,8+,10?/m1/s1. The summed E-state index contributed by atoms with van der Waals surface area (Å²) in [5, 5.41) is 2.98. The molecule has 3 atom stereocenters. The summed E-state index contributed by atoms with van der Waals surface area (Å²) >= 11 is 0. The van der Waals surface area contributed by atoms with Crippen LogP contribution >= 0.6 is 0 Å². The monoisotopic (exact) mass is 261 g/mol. The number of nitrogens with one attached hydrogen (secondary N) is 1. The minimum Gasteiger partial charge on any atom is -0.348 e. The Balaban J connectivity index is 1.90. The number of fused-ring (bicyclic) bond motifs is 2. The van der Waals surface area contributed by atoms with Crippen molar-refractivity contribution >= 4 is 5.82 Å². The van der Waals surface area contributed by atoms with Crippen LogP contribution in [0.25, 0.3) is 0 Å². The molecular formula is C11H11F4N3. The maximum Gasteiger partial charge on any atom is 0.416 e. The highest BCUT2D eigenvalue weighted by Gasteiger charge is 2.48. The van der Waals surface area contributed by atoms with Gasteiger partial charge in [0.2, 0.25) is 0 Å². The van der Waals surface area contributed by atoms with E-state index in [4.69, 9.17) is 0 Å². The first kappa shape index (κ1) is 11.7. The Morgan fingerprint density at radius 2 is 2.17 bits per heavy atom. The number of anilines is 1. The molecule has 0 amide bonds. The fraction of sp³-hybridized carbons (Fsp3) is 0.545. The van der Waals surface area contributed by atoms with Crippen LogP contribution < -0.4 is 10.2 Å². The predicted octanol–water partition coefficient (Wildman–Crippen LogP) is 1.60. The Bertz CT molecular complexity index is 462. The van der Waals surface area contributed by atoms with E-state index in [-0.39, 0.29) is 11.9 Å². The summed E-state index contributed by atoms with van der Waals surface area (Å²) in [4.78, 5) is 5.53. The second-order valence-electron chi connectivity index (χ2n) is 4.58. The van der Waals surface area contributed by atoms with E-state index in [9.17, 15) is 17.6 Å². The smallest absolute Gasteiger partial charge is 0.348 e. The molecule has 0 spiro atoms. The van der Waals surface area contributed by atoms with Gasteiger partial charge in [-0.1, -0.05) is 0 Å². The molecule has 2 saturated heterocycles. The lowest BCUT2D eigenvalue weighted by atomic mass is 10.2. The molecule has 98 valence electrons. The summed E-state index contributed by atoms with van der Waals surface area (Å²) in [5.74, 6) is 0.196. The van der Waals surface area contributed by atoms with E-state index in [1.54, 1.807) is 4.90 Å². The van der Waals surface area contributed by atoms with Crippen LogP contribution in [0.2, 0.25) is 0 Å². The number of hydrogen-bond acceptors (Lipinski definition) is 3. The summed E-state index contributed by atoms with van der Waals surface area (Å²) < 4.78 is 51.4. The molecule has 2 fully saturated rings. The summed E-state index contributed by atoms with van der Waals surface area (Å²) in [5.41, 5.74) is -0.751. The summed E-state index contributed by atoms with van der Waals surface area (Å²) in [6.45, 7) is 0.809. The Hall–Kier alpha value is -1.37. The van der Waals surface area contributed by atoms with Crippen LogP contribution in [0.5, 0.6) is 0 Å². The van der Waals surface area contributed by atoms with E-state index >= 15 is 0 Å². The molecule has 0 radical (unpaired) electrons. The number of nitrogens with zero attached hydrogens (tertiary/aromatic N) is 2. The maximum absolute atomic E-state index is 13.7. The summed E-state index contributed by atoms with van der Waals surface area (Å²) in [6, 6.07) is 1.19. The van der Waals surface area contributed by atoms with E-state index in [2.05, 4.69) is 10.3 Å². The first-order valence-corrected chi connectivity index (χ1v) is 5.64. The van der Waals surface area contributed by atoms with Crippen LogP contribution in [0.4, 0.5) is 23.4 Å². The quantitative estimate of drug-likeness (QED) is 0.778. The van der Waals surface area contributed by atoms with Crippen molar-refractivity contribution in [3.8, 4) is 0 Å². The number of halogens is 4. The van der Waals surface area contributed by atoms with E-state index in [1.807, 2.05) is 0 Å². The topological polar surface area (TPSA) is 28.2 Å². The molecule has 1 N–H and O–H groups in total. The SMILES string of the molecule is FC1[C@H]2CN(c3cc(C(F)(F)F)ccn3)[C@H]1CN2. The predicted molar refractivity (Wildman–Crippen MR) is 57.1 cm³/mol. The van der Waals surface area contributed by atoms with Gasteiger partial charge in [-0.25, -0.2) is 9.37 Å². The molecule has 1 aromatic heterocycles. The molecule has 0 saturated carbocycles. The van der Waals surface area contributed by atoms with Crippen molar-refractivity contribution in [1.29, 1.82) is 0 Å². The van der Waals surface area contributed by atoms with Gasteiger partial charge >= 0.3 is 6.18 Å². The molecule has 3 rings (SSSR count). The van der Waals surface area contributed by atoms with Crippen molar-refractivity contribution in [1.82, 2.24) is 10.3 Å². The van der Waals surface area contributed by atoms with Crippen LogP contribution in [-0.4, -0.2) is 36.3 Å². The normalized spacial score (nSPS) is 31.1. The molecule has 3 heterocycles.